The molecular formula is C16H22N2O2. The Morgan fingerprint density at radius 2 is 2.30 bits per heavy atom. The number of fused-ring (bicyclic) bond motifs is 1. The average Bonchev–Trinajstić information content (AvgIpc) is 2.85. The highest BCUT2D eigenvalue weighted by Crippen LogP contribution is 2.31. The maximum absolute atomic E-state index is 12.2. The minimum absolute atomic E-state index is 0.00223. The summed E-state index contributed by atoms with van der Waals surface area (Å²) in [5.41, 5.74) is 1.09. The molecule has 1 saturated heterocycles. The number of benzene rings is 1. The fourth-order valence-electron chi connectivity index (χ4n) is 3.12. The number of para-hydroxylation sites is 1. The van der Waals surface area contributed by atoms with Crippen molar-refractivity contribution < 1.29 is 9.53 Å². The molecule has 2 N–H and O–H groups in total. The molecule has 0 bridgehead atoms. The molecule has 108 valence electrons. The van der Waals surface area contributed by atoms with E-state index in [1.807, 2.05) is 24.3 Å². The highest BCUT2D eigenvalue weighted by atomic mass is 16.5. The van der Waals surface area contributed by atoms with Gasteiger partial charge in [-0.2, -0.15) is 0 Å². The second-order valence-corrected chi connectivity index (χ2v) is 5.85. The first-order valence-electron chi connectivity index (χ1n) is 7.48. The molecule has 0 saturated carbocycles. The van der Waals surface area contributed by atoms with Crippen LogP contribution in [0, 0.1) is 5.92 Å². The van der Waals surface area contributed by atoms with Gasteiger partial charge in [-0.1, -0.05) is 25.1 Å². The van der Waals surface area contributed by atoms with Crippen molar-refractivity contribution in [2.75, 3.05) is 13.2 Å². The van der Waals surface area contributed by atoms with Gasteiger partial charge >= 0.3 is 0 Å². The van der Waals surface area contributed by atoms with Gasteiger partial charge in [0.15, 0.2) is 0 Å². The molecule has 3 rings (SSSR count). The Morgan fingerprint density at radius 1 is 1.45 bits per heavy atom. The third kappa shape index (κ3) is 2.80. The maximum atomic E-state index is 12.2. The first-order valence-corrected chi connectivity index (χ1v) is 7.48. The molecule has 20 heavy (non-hydrogen) atoms. The lowest BCUT2D eigenvalue weighted by Gasteiger charge is -2.29. The van der Waals surface area contributed by atoms with E-state index in [1.54, 1.807) is 0 Å². The summed E-state index contributed by atoms with van der Waals surface area (Å²) in [6, 6.07) is 8.22. The van der Waals surface area contributed by atoms with Gasteiger partial charge in [-0.25, -0.2) is 0 Å². The second kappa shape index (κ2) is 5.83. The summed E-state index contributed by atoms with van der Waals surface area (Å²) in [6.45, 7) is 3.79. The van der Waals surface area contributed by atoms with Crippen molar-refractivity contribution in [3.8, 4) is 5.75 Å². The molecule has 1 aromatic rings. The lowest BCUT2D eigenvalue weighted by molar-refractivity contribution is -0.122. The van der Waals surface area contributed by atoms with E-state index >= 15 is 0 Å². The lowest BCUT2D eigenvalue weighted by atomic mass is 9.90. The third-order valence-corrected chi connectivity index (χ3v) is 4.37. The fraction of sp³-hybridized carbons (Fsp3) is 0.562. The standard InChI is InChI=1S/C16H22N2O2/c1-11-5-4-8-17-13(11)9-16(19)18-14-10-20-15-7-3-2-6-12(14)15/h2-3,6-7,11,13-14,17H,4-5,8-10H2,1H3,(H,18,19). The quantitative estimate of drug-likeness (QED) is 0.886. The van der Waals surface area contributed by atoms with Crippen LogP contribution >= 0.6 is 0 Å². The lowest BCUT2D eigenvalue weighted by Crippen LogP contribution is -2.44. The number of amides is 1. The van der Waals surface area contributed by atoms with Crippen molar-refractivity contribution in [1.82, 2.24) is 10.6 Å². The predicted molar refractivity (Wildman–Crippen MR) is 77.6 cm³/mol. The van der Waals surface area contributed by atoms with Gasteiger partial charge in [0.2, 0.25) is 5.91 Å². The summed E-state index contributed by atoms with van der Waals surface area (Å²) < 4.78 is 5.59. The number of nitrogens with one attached hydrogen (secondary N) is 2. The molecule has 2 aliphatic rings. The Bertz CT molecular complexity index is 489. The minimum atomic E-state index is -0.00223. The first kappa shape index (κ1) is 13.4. The minimum Gasteiger partial charge on any atom is -0.491 e. The van der Waals surface area contributed by atoms with E-state index in [1.165, 1.54) is 12.8 Å². The summed E-state index contributed by atoms with van der Waals surface area (Å²) in [7, 11) is 0. The van der Waals surface area contributed by atoms with Crippen molar-refractivity contribution in [3.05, 3.63) is 29.8 Å². The zero-order valence-electron chi connectivity index (χ0n) is 11.9. The molecule has 0 radical (unpaired) electrons. The summed E-state index contributed by atoms with van der Waals surface area (Å²) in [4.78, 5) is 12.2. The van der Waals surface area contributed by atoms with Crippen molar-refractivity contribution >= 4 is 5.91 Å². The number of carbonyl (C=O) groups excluding carboxylic acids is 1. The number of hydrogen-bond donors (Lipinski definition) is 2. The second-order valence-electron chi connectivity index (χ2n) is 5.85. The number of rotatable bonds is 3. The molecule has 1 aromatic carbocycles. The van der Waals surface area contributed by atoms with E-state index in [-0.39, 0.29) is 11.9 Å². The van der Waals surface area contributed by atoms with Gasteiger partial charge in [-0.05, 0) is 31.4 Å². The van der Waals surface area contributed by atoms with Gasteiger partial charge in [0.1, 0.15) is 12.4 Å². The number of carbonyl (C=O) groups is 1. The number of ether oxygens (including phenoxy) is 1. The Kier molecular flexibility index (Phi) is 3.92. The van der Waals surface area contributed by atoms with Crippen LogP contribution in [-0.4, -0.2) is 25.1 Å². The van der Waals surface area contributed by atoms with Crippen molar-refractivity contribution in [1.29, 1.82) is 0 Å². The Morgan fingerprint density at radius 3 is 3.15 bits per heavy atom. The SMILES string of the molecule is CC1CCCNC1CC(=O)NC1COc2ccccc21. The van der Waals surface area contributed by atoms with E-state index < -0.39 is 0 Å². The highest BCUT2D eigenvalue weighted by Gasteiger charge is 2.28. The van der Waals surface area contributed by atoms with Gasteiger partial charge in [0.25, 0.3) is 0 Å². The van der Waals surface area contributed by atoms with Crippen LogP contribution in [0.5, 0.6) is 5.75 Å². The van der Waals surface area contributed by atoms with Crippen LogP contribution < -0.4 is 15.4 Å². The highest BCUT2D eigenvalue weighted by molar-refractivity contribution is 5.77. The molecule has 4 nitrogen and oxygen atoms in total. The van der Waals surface area contributed by atoms with Crippen LogP contribution in [-0.2, 0) is 4.79 Å². The summed E-state index contributed by atoms with van der Waals surface area (Å²) in [5, 5.41) is 6.55. The topological polar surface area (TPSA) is 50.4 Å². The smallest absolute Gasteiger partial charge is 0.222 e. The van der Waals surface area contributed by atoms with Crippen LogP contribution in [0.1, 0.15) is 37.8 Å². The van der Waals surface area contributed by atoms with Crippen LogP contribution in [0.15, 0.2) is 24.3 Å². The van der Waals surface area contributed by atoms with E-state index in [0.29, 0.717) is 25.0 Å². The van der Waals surface area contributed by atoms with Crippen molar-refractivity contribution in [2.24, 2.45) is 5.92 Å². The first-order chi connectivity index (χ1) is 9.74. The molecule has 4 heteroatoms. The normalized spacial score (nSPS) is 28.6. The summed E-state index contributed by atoms with van der Waals surface area (Å²) >= 11 is 0. The summed E-state index contributed by atoms with van der Waals surface area (Å²) in [5.74, 6) is 1.57. The monoisotopic (exact) mass is 274 g/mol. The van der Waals surface area contributed by atoms with E-state index in [4.69, 9.17) is 4.74 Å². The van der Waals surface area contributed by atoms with Gasteiger partial charge in [0.05, 0.1) is 6.04 Å². The average molecular weight is 274 g/mol. The number of piperidine rings is 1. The fourth-order valence-corrected chi connectivity index (χ4v) is 3.12. The van der Waals surface area contributed by atoms with Gasteiger partial charge < -0.3 is 15.4 Å². The van der Waals surface area contributed by atoms with Gasteiger partial charge in [0, 0.05) is 18.0 Å². The van der Waals surface area contributed by atoms with Crippen LogP contribution in [0.3, 0.4) is 0 Å². The molecule has 0 aliphatic carbocycles. The molecule has 1 amide bonds. The molecule has 2 heterocycles. The molecule has 1 fully saturated rings. The maximum Gasteiger partial charge on any atom is 0.222 e. The molecule has 0 aromatic heterocycles. The van der Waals surface area contributed by atoms with Crippen molar-refractivity contribution in [2.45, 2.75) is 38.3 Å². The van der Waals surface area contributed by atoms with Crippen LogP contribution in [0.4, 0.5) is 0 Å². The molecule has 0 spiro atoms. The van der Waals surface area contributed by atoms with Crippen LogP contribution in [0.2, 0.25) is 0 Å². The van der Waals surface area contributed by atoms with Gasteiger partial charge in [-0.15, -0.1) is 0 Å². The van der Waals surface area contributed by atoms with E-state index in [9.17, 15) is 4.79 Å². The number of hydrogen-bond acceptors (Lipinski definition) is 3. The Hall–Kier alpha value is -1.55. The zero-order valence-corrected chi connectivity index (χ0v) is 11.9. The third-order valence-electron chi connectivity index (χ3n) is 4.37. The molecule has 2 aliphatic heterocycles. The predicted octanol–water partition coefficient (Wildman–Crippen LogP) is 2.01. The van der Waals surface area contributed by atoms with E-state index in [2.05, 4.69) is 17.6 Å². The van der Waals surface area contributed by atoms with Crippen molar-refractivity contribution in [3.63, 3.8) is 0 Å². The molecule has 3 unspecified atom stereocenters. The molecular weight excluding hydrogens is 252 g/mol. The van der Waals surface area contributed by atoms with Crippen LogP contribution in [0.25, 0.3) is 0 Å². The Labute approximate surface area is 119 Å². The zero-order chi connectivity index (χ0) is 13.9. The van der Waals surface area contributed by atoms with E-state index in [0.717, 1.165) is 17.9 Å². The van der Waals surface area contributed by atoms with Gasteiger partial charge in [-0.3, -0.25) is 4.79 Å². The Balaban J connectivity index is 1.57. The molecule has 3 atom stereocenters. The largest absolute Gasteiger partial charge is 0.491 e. The summed E-state index contributed by atoms with van der Waals surface area (Å²) in [6.07, 6.45) is 2.98.